The molecule has 7 heteroatoms. The van der Waals surface area contributed by atoms with Crippen molar-refractivity contribution in [3.8, 4) is 0 Å². The Morgan fingerprint density at radius 1 is 1.50 bits per heavy atom. The van der Waals surface area contributed by atoms with E-state index in [0.29, 0.717) is 5.82 Å². The van der Waals surface area contributed by atoms with Crippen molar-refractivity contribution < 1.29 is 10.0 Å². The number of hydrogen-bond acceptors (Lipinski definition) is 6. The number of rotatable bonds is 6. The Kier molecular flexibility index (Phi) is 4.85. The summed E-state index contributed by atoms with van der Waals surface area (Å²) < 4.78 is 0. The number of aromatic nitrogens is 1. The molecule has 1 rings (SSSR count). The van der Waals surface area contributed by atoms with Crippen LogP contribution in [0.5, 0.6) is 0 Å². The Bertz CT molecular complexity index is 423. The lowest BCUT2D eigenvalue weighted by atomic mass is 10.1. The fourth-order valence-corrected chi connectivity index (χ4v) is 1.44. The van der Waals surface area contributed by atoms with E-state index in [4.69, 9.17) is 0 Å². The summed E-state index contributed by atoms with van der Waals surface area (Å²) >= 11 is 0. The highest BCUT2D eigenvalue weighted by molar-refractivity contribution is 5.60. The van der Waals surface area contributed by atoms with Crippen LogP contribution >= 0.6 is 0 Å². The van der Waals surface area contributed by atoms with Crippen LogP contribution in [-0.4, -0.2) is 34.7 Å². The molecule has 1 heterocycles. The molecule has 0 aliphatic heterocycles. The van der Waals surface area contributed by atoms with E-state index in [-0.39, 0.29) is 30.1 Å². The summed E-state index contributed by atoms with van der Waals surface area (Å²) in [4.78, 5) is 14.5. The molecule has 1 unspecified atom stereocenters. The molecule has 0 bridgehead atoms. The zero-order chi connectivity index (χ0) is 13.7. The highest BCUT2D eigenvalue weighted by atomic mass is 16.6. The van der Waals surface area contributed by atoms with Crippen LogP contribution in [0.25, 0.3) is 0 Å². The first-order valence-corrected chi connectivity index (χ1v) is 5.70. The van der Waals surface area contributed by atoms with Crippen molar-refractivity contribution in [1.29, 1.82) is 0 Å². The van der Waals surface area contributed by atoms with Crippen LogP contribution in [0.2, 0.25) is 0 Å². The fourth-order valence-electron chi connectivity index (χ4n) is 1.44. The molecule has 18 heavy (non-hydrogen) atoms. The van der Waals surface area contributed by atoms with Crippen molar-refractivity contribution in [1.82, 2.24) is 4.98 Å². The van der Waals surface area contributed by atoms with Gasteiger partial charge < -0.3 is 15.7 Å². The van der Waals surface area contributed by atoms with Gasteiger partial charge in [0.05, 0.1) is 17.6 Å². The van der Waals surface area contributed by atoms with Crippen molar-refractivity contribution >= 4 is 17.3 Å². The van der Waals surface area contributed by atoms with Crippen LogP contribution in [0.4, 0.5) is 17.3 Å². The first kappa shape index (κ1) is 14.2. The topological polar surface area (TPSA) is 100 Å². The van der Waals surface area contributed by atoms with Gasteiger partial charge in [0.1, 0.15) is 5.82 Å². The minimum absolute atomic E-state index is 0.104. The predicted octanol–water partition coefficient (Wildman–Crippen LogP) is 1.46. The van der Waals surface area contributed by atoms with Crippen molar-refractivity contribution in [2.75, 3.05) is 24.3 Å². The van der Waals surface area contributed by atoms with Gasteiger partial charge in [-0.2, -0.15) is 0 Å². The molecule has 0 saturated heterocycles. The summed E-state index contributed by atoms with van der Waals surface area (Å²) in [5.74, 6) is 0.831. The first-order valence-electron chi connectivity index (χ1n) is 5.70. The molecular formula is C11H18N4O3. The molecule has 0 aliphatic rings. The summed E-state index contributed by atoms with van der Waals surface area (Å²) in [6.07, 6.45) is 0. The molecule has 0 amide bonds. The second kappa shape index (κ2) is 6.15. The molecule has 0 fully saturated rings. The van der Waals surface area contributed by atoms with E-state index in [1.165, 1.54) is 12.1 Å². The lowest BCUT2D eigenvalue weighted by Crippen LogP contribution is -2.30. The maximum Gasteiger partial charge on any atom is 0.311 e. The molecule has 0 aromatic carbocycles. The molecular weight excluding hydrogens is 236 g/mol. The zero-order valence-electron chi connectivity index (χ0n) is 10.7. The molecule has 7 nitrogen and oxygen atoms in total. The van der Waals surface area contributed by atoms with Crippen molar-refractivity contribution in [3.63, 3.8) is 0 Å². The maximum absolute atomic E-state index is 10.9. The number of nitrogens with zero attached hydrogens (tertiary/aromatic N) is 2. The largest absolute Gasteiger partial charge is 0.394 e. The second-order valence-corrected chi connectivity index (χ2v) is 4.25. The Balaban J connectivity index is 3.07. The summed E-state index contributed by atoms with van der Waals surface area (Å²) in [5, 5.41) is 25.9. The minimum Gasteiger partial charge on any atom is -0.394 e. The maximum atomic E-state index is 10.9. The number of anilines is 2. The van der Waals surface area contributed by atoms with Crippen molar-refractivity contribution in [2.24, 2.45) is 5.92 Å². The molecule has 0 radical (unpaired) electrons. The highest BCUT2D eigenvalue weighted by Crippen LogP contribution is 2.25. The lowest BCUT2D eigenvalue weighted by Gasteiger charge is -2.20. The number of aliphatic hydroxyl groups is 1. The van der Waals surface area contributed by atoms with Crippen LogP contribution < -0.4 is 10.6 Å². The molecule has 1 aromatic heterocycles. The van der Waals surface area contributed by atoms with Crippen LogP contribution in [0.15, 0.2) is 12.1 Å². The summed E-state index contributed by atoms with van der Waals surface area (Å²) in [7, 11) is 1.68. The van der Waals surface area contributed by atoms with E-state index < -0.39 is 4.92 Å². The lowest BCUT2D eigenvalue weighted by molar-refractivity contribution is -0.384. The summed E-state index contributed by atoms with van der Waals surface area (Å²) in [6, 6.07) is 2.64. The van der Waals surface area contributed by atoms with Gasteiger partial charge >= 0.3 is 5.69 Å². The van der Waals surface area contributed by atoms with Gasteiger partial charge in [0.15, 0.2) is 0 Å². The fraction of sp³-hybridized carbons (Fsp3) is 0.545. The highest BCUT2D eigenvalue weighted by Gasteiger charge is 2.20. The van der Waals surface area contributed by atoms with Gasteiger partial charge in [-0.3, -0.25) is 10.1 Å². The third kappa shape index (κ3) is 3.30. The Labute approximate surface area is 105 Å². The van der Waals surface area contributed by atoms with E-state index in [2.05, 4.69) is 15.6 Å². The molecule has 0 spiro atoms. The summed E-state index contributed by atoms with van der Waals surface area (Å²) in [6.45, 7) is 3.73. The van der Waals surface area contributed by atoms with E-state index in [1.807, 2.05) is 13.8 Å². The molecule has 1 aromatic rings. The van der Waals surface area contributed by atoms with Crippen molar-refractivity contribution in [2.45, 2.75) is 19.9 Å². The Hall–Kier alpha value is -1.89. The van der Waals surface area contributed by atoms with Gasteiger partial charge in [0, 0.05) is 13.1 Å². The average Bonchev–Trinajstić information content (AvgIpc) is 2.34. The number of nitrogens with one attached hydrogen (secondary N) is 2. The number of hydrogen-bond donors (Lipinski definition) is 3. The second-order valence-electron chi connectivity index (χ2n) is 4.25. The Morgan fingerprint density at radius 2 is 2.17 bits per heavy atom. The monoisotopic (exact) mass is 254 g/mol. The van der Waals surface area contributed by atoms with E-state index >= 15 is 0 Å². The quantitative estimate of drug-likeness (QED) is 0.525. The number of nitro groups is 1. The number of aliphatic hydroxyl groups excluding tert-OH is 1. The standard InChI is InChI=1S/C11H18N4O3/c1-7(2)8(6-16)13-11-9(15(17)18)4-5-10(12-3)14-11/h4-5,7-8,16H,6H2,1-3H3,(H2,12,13,14). The zero-order valence-corrected chi connectivity index (χ0v) is 10.7. The molecule has 0 saturated carbocycles. The molecule has 1 atom stereocenters. The molecule has 3 N–H and O–H groups in total. The minimum atomic E-state index is -0.496. The van der Waals surface area contributed by atoms with Gasteiger partial charge in [0.2, 0.25) is 5.82 Å². The third-order valence-corrected chi connectivity index (χ3v) is 2.65. The normalized spacial score (nSPS) is 12.3. The van der Waals surface area contributed by atoms with Crippen LogP contribution in [0.1, 0.15) is 13.8 Å². The summed E-state index contributed by atoms with van der Waals surface area (Å²) in [5.41, 5.74) is -0.104. The smallest absolute Gasteiger partial charge is 0.311 e. The van der Waals surface area contributed by atoms with Gasteiger partial charge in [-0.05, 0) is 12.0 Å². The predicted molar refractivity (Wildman–Crippen MR) is 69.8 cm³/mol. The SMILES string of the molecule is CNc1ccc([N+](=O)[O-])c(NC(CO)C(C)C)n1. The van der Waals surface area contributed by atoms with Crippen molar-refractivity contribution in [3.05, 3.63) is 22.2 Å². The molecule has 0 aliphatic carbocycles. The van der Waals surface area contributed by atoms with Gasteiger partial charge in [-0.15, -0.1) is 0 Å². The van der Waals surface area contributed by atoms with E-state index in [0.717, 1.165) is 0 Å². The van der Waals surface area contributed by atoms with Crippen LogP contribution in [0.3, 0.4) is 0 Å². The van der Waals surface area contributed by atoms with E-state index in [9.17, 15) is 15.2 Å². The van der Waals surface area contributed by atoms with Gasteiger partial charge in [-0.1, -0.05) is 13.8 Å². The molecule has 100 valence electrons. The number of pyridine rings is 1. The van der Waals surface area contributed by atoms with Crippen LogP contribution in [0, 0.1) is 16.0 Å². The average molecular weight is 254 g/mol. The van der Waals surface area contributed by atoms with Gasteiger partial charge in [-0.25, -0.2) is 4.98 Å². The first-order chi connectivity index (χ1) is 8.49. The van der Waals surface area contributed by atoms with E-state index in [1.54, 1.807) is 7.05 Å². The Morgan fingerprint density at radius 3 is 2.61 bits per heavy atom. The third-order valence-electron chi connectivity index (χ3n) is 2.65. The van der Waals surface area contributed by atoms with Gasteiger partial charge in [0.25, 0.3) is 0 Å². The van der Waals surface area contributed by atoms with Crippen LogP contribution in [-0.2, 0) is 0 Å².